The van der Waals surface area contributed by atoms with E-state index in [1.54, 1.807) is 0 Å². The Morgan fingerprint density at radius 1 is 1.00 bits per heavy atom. The summed E-state index contributed by atoms with van der Waals surface area (Å²) in [5.41, 5.74) is 1.21. The molecule has 0 bridgehead atoms. The maximum atomic E-state index is 11.0. The second-order valence-electron chi connectivity index (χ2n) is 3.43. The first-order valence-electron chi connectivity index (χ1n) is 4.79. The number of carbonyl (C=O) groups is 1. The minimum atomic E-state index is 0.158. The van der Waals surface area contributed by atoms with Crippen LogP contribution in [-0.2, 0) is 0 Å². The SMILES string of the molecule is O=Cc1ccnc(Cl)c1-c1c(Cl)cc(Cl)cc1Cl. The van der Waals surface area contributed by atoms with Crippen LogP contribution in [0.5, 0.6) is 0 Å². The van der Waals surface area contributed by atoms with E-state index < -0.39 is 0 Å². The van der Waals surface area contributed by atoms with Gasteiger partial charge in [-0.1, -0.05) is 46.4 Å². The Bertz CT molecular complexity index is 604. The van der Waals surface area contributed by atoms with Gasteiger partial charge in [0.25, 0.3) is 0 Å². The molecule has 0 spiro atoms. The van der Waals surface area contributed by atoms with E-state index in [9.17, 15) is 4.79 Å². The van der Waals surface area contributed by atoms with Gasteiger partial charge in [-0.05, 0) is 18.2 Å². The molecular formula is C12H5Cl4NO. The number of carbonyl (C=O) groups excluding carboxylic acids is 1. The van der Waals surface area contributed by atoms with Crippen molar-refractivity contribution in [1.29, 1.82) is 0 Å². The van der Waals surface area contributed by atoms with Crippen LogP contribution in [-0.4, -0.2) is 11.3 Å². The lowest BCUT2D eigenvalue weighted by molar-refractivity contribution is 0.112. The van der Waals surface area contributed by atoms with Crippen LogP contribution in [0.2, 0.25) is 20.2 Å². The maximum absolute atomic E-state index is 11.0. The molecule has 0 saturated heterocycles. The fraction of sp³-hybridized carbons (Fsp3) is 0. The Morgan fingerprint density at radius 3 is 2.17 bits per heavy atom. The lowest BCUT2D eigenvalue weighted by Gasteiger charge is -2.11. The molecule has 0 aliphatic heterocycles. The van der Waals surface area contributed by atoms with Gasteiger partial charge in [-0.15, -0.1) is 0 Å². The van der Waals surface area contributed by atoms with Gasteiger partial charge < -0.3 is 0 Å². The number of rotatable bonds is 2. The predicted octanol–water partition coefficient (Wildman–Crippen LogP) is 5.17. The molecule has 92 valence electrons. The summed E-state index contributed by atoms with van der Waals surface area (Å²) < 4.78 is 0. The van der Waals surface area contributed by atoms with Crippen molar-refractivity contribution in [3.63, 3.8) is 0 Å². The highest BCUT2D eigenvalue weighted by molar-refractivity contribution is 6.43. The van der Waals surface area contributed by atoms with Gasteiger partial charge in [-0.3, -0.25) is 4.79 Å². The average molecular weight is 321 g/mol. The topological polar surface area (TPSA) is 30.0 Å². The van der Waals surface area contributed by atoms with Crippen LogP contribution in [0.3, 0.4) is 0 Å². The molecule has 0 fully saturated rings. The highest BCUT2D eigenvalue weighted by atomic mass is 35.5. The number of hydrogen-bond acceptors (Lipinski definition) is 2. The van der Waals surface area contributed by atoms with Crippen LogP contribution < -0.4 is 0 Å². The van der Waals surface area contributed by atoms with Crippen LogP contribution in [0.15, 0.2) is 24.4 Å². The van der Waals surface area contributed by atoms with Gasteiger partial charge in [0.05, 0.1) is 10.0 Å². The molecule has 2 aromatic rings. The lowest BCUT2D eigenvalue weighted by Crippen LogP contribution is -1.93. The summed E-state index contributed by atoms with van der Waals surface area (Å²) in [4.78, 5) is 15.0. The van der Waals surface area contributed by atoms with E-state index in [0.717, 1.165) is 0 Å². The van der Waals surface area contributed by atoms with Crippen molar-refractivity contribution in [3.8, 4) is 11.1 Å². The number of aromatic nitrogens is 1. The summed E-state index contributed by atoms with van der Waals surface area (Å²) in [5, 5.41) is 1.18. The third-order valence-electron chi connectivity index (χ3n) is 2.32. The largest absolute Gasteiger partial charge is 0.298 e. The zero-order chi connectivity index (χ0) is 13.3. The molecule has 1 aromatic heterocycles. The first-order valence-corrected chi connectivity index (χ1v) is 6.30. The third-order valence-corrected chi connectivity index (χ3v) is 3.42. The summed E-state index contributed by atoms with van der Waals surface area (Å²) in [6, 6.07) is 4.60. The van der Waals surface area contributed by atoms with Crippen LogP contribution in [0, 0.1) is 0 Å². The van der Waals surface area contributed by atoms with Gasteiger partial charge in [-0.25, -0.2) is 4.98 Å². The summed E-state index contributed by atoms with van der Waals surface area (Å²) >= 11 is 24.0. The van der Waals surface area contributed by atoms with E-state index >= 15 is 0 Å². The molecule has 0 amide bonds. The molecule has 0 N–H and O–H groups in total. The molecule has 1 heterocycles. The molecule has 0 aliphatic carbocycles. The minimum Gasteiger partial charge on any atom is -0.298 e. The number of nitrogens with zero attached hydrogens (tertiary/aromatic N) is 1. The van der Waals surface area contributed by atoms with Crippen LogP contribution in [0.25, 0.3) is 11.1 Å². The Hall–Kier alpha value is -0.800. The Morgan fingerprint density at radius 2 is 1.61 bits per heavy atom. The normalized spacial score (nSPS) is 10.4. The summed E-state index contributed by atoms with van der Waals surface area (Å²) in [6.45, 7) is 0. The van der Waals surface area contributed by atoms with E-state index in [1.807, 2.05) is 0 Å². The van der Waals surface area contributed by atoms with Crippen molar-refractivity contribution in [1.82, 2.24) is 4.98 Å². The molecule has 0 atom stereocenters. The van der Waals surface area contributed by atoms with Gasteiger partial charge in [0.1, 0.15) is 5.15 Å². The lowest BCUT2D eigenvalue weighted by atomic mass is 10.0. The summed E-state index contributed by atoms with van der Waals surface area (Å²) in [7, 11) is 0. The molecule has 0 unspecified atom stereocenters. The van der Waals surface area contributed by atoms with E-state index in [0.29, 0.717) is 38.0 Å². The predicted molar refractivity (Wildman–Crippen MR) is 75.1 cm³/mol. The molecule has 0 aliphatic rings. The van der Waals surface area contributed by atoms with E-state index in [1.165, 1.54) is 24.4 Å². The van der Waals surface area contributed by atoms with Crippen LogP contribution >= 0.6 is 46.4 Å². The van der Waals surface area contributed by atoms with Crippen molar-refractivity contribution < 1.29 is 4.79 Å². The van der Waals surface area contributed by atoms with Crippen molar-refractivity contribution >= 4 is 52.7 Å². The molecule has 18 heavy (non-hydrogen) atoms. The number of hydrogen-bond donors (Lipinski definition) is 0. The minimum absolute atomic E-state index is 0.158. The van der Waals surface area contributed by atoms with E-state index in [2.05, 4.69) is 4.98 Å². The smallest absolute Gasteiger partial charge is 0.150 e. The Labute approximate surface area is 123 Å². The average Bonchev–Trinajstić information content (AvgIpc) is 2.29. The van der Waals surface area contributed by atoms with E-state index in [-0.39, 0.29) is 5.15 Å². The second-order valence-corrected chi connectivity index (χ2v) is 5.04. The van der Waals surface area contributed by atoms with Crippen LogP contribution in [0.1, 0.15) is 10.4 Å². The quantitative estimate of drug-likeness (QED) is 0.564. The third kappa shape index (κ3) is 2.47. The maximum Gasteiger partial charge on any atom is 0.150 e. The van der Waals surface area contributed by atoms with Crippen molar-refractivity contribution in [2.75, 3.05) is 0 Å². The molecule has 0 saturated carbocycles. The Balaban J connectivity index is 2.81. The van der Waals surface area contributed by atoms with Crippen LogP contribution in [0.4, 0.5) is 0 Å². The first-order chi connectivity index (χ1) is 8.54. The zero-order valence-corrected chi connectivity index (χ0v) is 11.8. The Kier molecular flexibility index (Phi) is 4.13. The highest BCUT2D eigenvalue weighted by Crippen LogP contribution is 2.40. The molecule has 6 heteroatoms. The standard InChI is InChI=1S/C12H5Cl4NO/c13-7-3-8(14)11(9(15)4-7)10-6(5-18)1-2-17-12(10)16/h1-5H. The van der Waals surface area contributed by atoms with Gasteiger partial charge in [0.15, 0.2) is 6.29 Å². The highest BCUT2D eigenvalue weighted by Gasteiger charge is 2.17. The molecule has 1 aromatic carbocycles. The van der Waals surface area contributed by atoms with Gasteiger partial charge in [0.2, 0.25) is 0 Å². The van der Waals surface area contributed by atoms with E-state index in [4.69, 9.17) is 46.4 Å². The number of benzene rings is 1. The number of halogens is 4. The number of pyridine rings is 1. The molecule has 2 rings (SSSR count). The molecule has 0 radical (unpaired) electrons. The monoisotopic (exact) mass is 319 g/mol. The van der Waals surface area contributed by atoms with Gasteiger partial charge >= 0.3 is 0 Å². The fourth-order valence-corrected chi connectivity index (χ4v) is 2.84. The number of aldehydes is 1. The van der Waals surface area contributed by atoms with Crippen molar-refractivity contribution in [3.05, 3.63) is 50.2 Å². The van der Waals surface area contributed by atoms with Gasteiger partial charge in [0, 0.05) is 27.9 Å². The fourth-order valence-electron chi connectivity index (χ4n) is 1.58. The summed E-state index contributed by atoms with van der Waals surface area (Å²) in [6.07, 6.45) is 2.11. The van der Waals surface area contributed by atoms with Gasteiger partial charge in [-0.2, -0.15) is 0 Å². The first kappa shape index (κ1) is 13.6. The van der Waals surface area contributed by atoms with Crippen molar-refractivity contribution in [2.45, 2.75) is 0 Å². The molecule has 2 nitrogen and oxygen atoms in total. The second kappa shape index (κ2) is 5.45. The summed E-state index contributed by atoms with van der Waals surface area (Å²) in [5.74, 6) is 0. The zero-order valence-electron chi connectivity index (χ0n) is 8.75. The molecular weight excluding hydrogens is 316 g/mol. The van der Waals surface area contributed by atoms with Crippen molar-refractivity contribution in [2.24, 2.45) is 0 Å².